The Morgan fingerprint density at radius 1 is 1.15 bits per heavy atom. The molecule has 0 saturated heterocycles. The van der Waals surface area contributed by atoms with E-state index in [2.05, 4.69) is 15.5 Å². The maximum Gasteiger partial charge on any atom is 0.277 e. The van der Waals surface area contributed by atoms with Gasteiger partial charge in [0.25, 0.3) is 5.22 Å². The highest BCUT2D eigenvalue weighted by Gasteiger charge is 2.18. The number of nitrogens with one attached hydrogen (secondary N) is 1. The molecule has 0 saturated carbocycles. The fourth-order valence-electron chi connectivity index (χ4n) is 2.35. The number of hydrogen-bond donors (Lipinski definition) is 1. The molecule has 0 aliphatic carbocycles. The summed E-state index contributed by atoms with van der Waals surface area (Å²) in [5, 5.41) is 11.0. The summed E-state index contributed by atoms with van der Waals surface area (Å²) in [5.74, 6) is 1.09. The molecule has 1 N–H and O–H groups in total. The van der Waals surface area contributed by atoms with E-state index in [4.69, 9.17) is 9.15 Å². The lowest BCUT2D eigenvalue weighted by Gasteiger charge is -2.10. The molecule has 0 radical (unpaired) electrons. The van der Waals surface area contributed by atoms with Crippen molar-refractivity contribution in [3.63, 3.8) is 0 Å². The molecule has 1 atom stereocenters. The van der Waals surface area contributed by atoms with Crippen molar-refractivity contribution in [2.24, 2.45) is 0 Å². The Balaban J connectivity index is 1.55. The van der Waals surface area contributed by atoms with Crippen LogP contribution in [0.25, 0.3) is 11.5 Å². The zero-order valence-corrected chi connectivity index (χ0v) is 16.2. The molecule has 6 nitrogen and oxygen atoms in total. The third kappa shape index (κ3) is 5.10. The molecule has 0 aliphatic rings. The zero-order chi connectivity index (χ0) is 19.2. The molecule has 1 aromatic heterocycles. The lowest BCUT2D eigenvalue weighted by molar-refractivity contribution is -0.120. The maximum atomic E-state index is 12.3. The first-order valence-electron chi connectivity index (χ1n) is 8.53. The lowest BCUT2D eigenvalue weighted by Crippen LogP contribution is -2.30. The van der Waals surface area contributed by atoms with Crippen LogP contribution in [0.4, 0.5) is 0 Å². The van der Waals surface area contributed by atoms with Gasteiger partial charge in [0.15, 0.2) is 0 Å². The molecule has 140 valence electrons. The van der Waals surface area contributed by atoms with Gasteiger partial charge in [0.05, 0.1) is 12.4 Å². The summed E-state index contributed by atoms with van der Waals surface area (Å²) in [6, 6.07) is 15.4. The molecule has 0 bridgehead atoms. The highest BCUT2D eigenvalue weighted by molar-refractivity contribution is 8.00. The number of amides is 1. The van der Waals surface area contributed by atoms with Gasteiger partial charge in [-0.25, -0.2) is 0 Å². The van der Waals surface area contributed by atoms with Crippen LogP contribution >= 0.6 is 11.8 Å². The Hall–Kier alpha value is -2.80. The summed E-state index contributed by atoms with van der Waals surface area (Å²) in [4.78, 5) is 12.3. The highest BCUT2D eigenvalue weighted by atomic mass is 32.2. The van der Waals surface area contributed by atoms with E-state index in [1.807, 2.05) is 62.4 Å². The van der Waals surface area contributed by atoms with Crippen LogP contribution in [0.15, 0.2) is 58.2 Å². The van der Waals surface area contributed by atoms with E-state index >= 15 is 0 Å². The van der Waals surface area contributed by atoms with Crippen LogP contribution in [0.1, 0.15) is 18.1 Å². The van der Waals surface area contributed by atoms with Gasteiger partial charge < -0.3 is 14.5 Å². The second-order valence-electron chi connectivity index (χ2n) is 6.07. The number of nitrogens with zero attached hydrogens (tertiary/aromatic N) is 2. The minimum Gasteiger partial charge on any atom is -0.497 e. The summed E-state index contributed by atoms with van der Waals surface area (Å²) in [5.41, 5.74) is 3.05. The van der Waals surface area contributed by atoms with E-state index in [0.717, 1.165) is 16.9 Å². The standard InChI is InChI=1S/C20H21N3O3S/c1-13-4-6-15(7-5-13)12-21-18(24)14(2)27-20-23-22-19(26-20)16-8-10-17(25-3)11-9-16/h4-11,14H,12H2,1-3H3,(H,21,24)/t14-/m1/s1. The van der Waals surface area contributed by atoms with Crippen molar-refractivity contribution in [2.75, 3.05) is 7.11 Å². The maximum absolute atomic E-state index is 12.3. The first-order chi connectivity index (χ1) is 13.0. The van der Waals surface area contributed by atoms with Gasteiger partial charge in [-0.15, -0.1) is 10.2 Å². The molecule has 3 rings (SSSR count). The smallest absolute Gasteiger partial charge is 0.277 e. The zero-order valence-electron chi connectivity index (χ0n) is 15.4. The number of aryl methyl sites for hydroxylation is 1. The van der Waals surface area contributed by atoms with Gasteiger partial charge in [-0.05, 0) is 43.7 Å². The average molecular weight is 383 g/mol. The van der Waals surface area contributed by atoms with Gasteiger partial charge in [-0.1, -0.05) is 41.6 Å². The fourth-order valence-corrected chi connectivity index (χ4v) is 3.06. The summed E-state index contributed by atoms with van der Waals surface area (Å²) in [7, 11) is 1.61. The molecule has 2 aromatic carbocycles. The van der Waals surface area contributed by atoms with E-state index in [1.165, 1.54) is 17.3 Å². The molecule has 1 heterocycles. The largest absolute Gasteiger partial charge is 0.497 e. The van der Waals surface area contributed by atoms with E-state index in [0.29, 0.717) is 17.7 Å². The number of ether oxygens (including phenoxy) is 1. The molecule has 0 fully saturated rings. The van der Waals surface area contributed by atoms with Gasteiger partial charge in [-0.2, -0.15) is 0 Å². The summed E-state index contributed by atoms with van der Waals surface area (Å²) >= 11 is 1.24. The molecular weight excluding hydrogens is 362 g/mol. The summed E-state index contributed by atoms with van der Waals surface area (Å²) in [6.07, 6.45) is 0. The van der Waals surface area contributed by atoms with Crippen LogP contribution in [0.2, 0.25) is 0 Å². The predicted octanol–water partition coefficient (Wildman–Crippen LogP) is 3.85. The predicted molar refractivity (Wildman–Crippen MR) is 105 cm³/mol. The van der Waals surface area contributed by atoms with Crippen molar-refractivity contribution >= 4 is 17.7 Å². The molecule has 1 amide bonds. The van der Waals surface area contributed by atoms with Crippen LogP contribution in [0.5, 0.6) is 5.75 Å². The minimum absolute atomic E-state index is 0.0789. The second-order valence-corrected chi connectivity index (χ2v) is 7.36. The number of hydrogen-bond acceptors (Lipinski definition) is 6. The Labute approximate surface area is 162 Å². The Kier molecular flexibility index (Phi) is 6.13. The van der Waals surface area contributed by atoms with Gasteiger partial charge in [0.2, 0.25) is 11.8 Å². The summed E-state index contributed by atoms with van der Waals surface area (Å²) < 4.78 is 10.8. The number of carbonyl (C=O) groups is 1. The monoisotopic (exact) mass is 383 g/mol. The van der Waals surface area contributed by atoms with Crippen molar-refractivity contribution < 1.29 is 13.9 Å². The number of thioether (sulfide) groups is 1. The van der Waals surface area contributed by atoms with Gasteiger partial charge in [0, 0.05) is 12.1 Å². The second kappa shape index (κ2) is 8.73. The van der Waals surface area contributed by atoms with E-state index in [9.17, 15) is 4.79 Å². The molecule has 7 heteroatoms. The van der Waals surface area contributed by atoms with Gasteiger partial charge in [-0.3, -0.25) is 4.79 Å². The number of methoxy groups -OCH3 is 1. The van der Waals surface area contributed by atoms with E-state index < -0.39 is 0 Å². The first-order valence-corrected chi connectivity index (χ1v) is 9.41. The van der Waals surface area contributed by atoms with E-state index in [1.54, 1.807) is 7.11 Å². The first kappa shape index (κ1) is 19.0. The van der Waals surface area contributed by atoms with Crippen molar-refractivity contribution in [2.45, 2.75) is 30.9 Å². The Morgan fingerprint density at radius 3 is 2.52 bits per heavy atom. The Bertz CT molecular complexity index is 892. The van der Waals surface area contributed by atoms with Crippen molar-refractivity contribution in [1.29, 1.82) is 0 Å². The molecule has 0 spiro atoms. The highest BCUT2D eigenvalue weighted by Crippen LogP contribution is 2.27. The summed E-state index contributed by atoms with van der Waals surface area (Å²) in [6.45, 7) is 4.34. The van der Waals surface area contributed by atoms with Crippen molar-refractivity contribution in [1.82, 2.24) is 15.5 Å². The van der Waals surface area contributed by atoms with Crippen LogP contribution < -0.4 is 10.1 Å². The third-order valence-electron chi connectivity index (χ3n) is 3.98. The molecule has 0 unspecified atom stereocenters. The normalized spacial score (nSPS) is 11.8. The van der Waals surface area contributed by atoms with Crippen LogP contribution in [0.3, 0.4) is 0 Å². The topological polar surface area (TPSA) is 77.2 Å². The molecular formula is C20H21N3O3S. The quantitative estimate of drug-likeness (QED) is 0.625. The van der Waals surface area contributed by atoms with Crippen LogP contribution in [-0.2, 0) is 11.3 Å². The van der Waals surface area contributed by atoms with Crippen LogP contribution in [-0.4, -0.2) is 28.5 Å². The molecule has 3 aromatic rings. The van der Waals surface area contributed by atoms with Crippen molar-refractivity contribution in [3.8, 4) is 17.2 Å². The van der Waals surface area contributed by atoms with Crippen LogP contribution in [0, 0.1) is 6.92 Å². The number of rotatable bonds is 7. The van der Waals surface area contributed by atoms with Gasteiger partial charge in [0.1, 0.15) is 5.75 Å². The number of carbonyl (C=O) groups excluding carboxylic acids is 1. The lowest BCUT2D eigenvalue weighted by atomic mass is 10.1. The Morgan fingerprint density at radius 2 is 1.85 bits per heavy atom. The van der Waals surface area contributed by atoms with E-state index in [-0.39, 0.29) is 11.2 Å². The molecule has 27 heavy (non-hydrogen) atoms. The van der Waals surface area contributed by atoms with Crippen molar-refractivity contribution in [3.05, 3.63) is 59.7 Å². The number of benzene rings is 2. The fraction of sp³-hybridized carbons (Fsp3) is 0.250. The van der Waals surface area contributed by atoms with Gasteiger partial charge >= 0.3 is 0 Å². The molecule has 0 aliphatic heterocycles. The number of aromatic nitrogens is 2. The SMILES string of the molecule is COc1ccc(-c2nnc(S[C@H](C)C(=O)NCc3ccc(C)cc3)o2)cc1. The average Bonchev–Trinajstić information content (AvgIpc) is 3.15. The minimum atomic E-state index is -0.348. The third-order valence-corrected chi connectivity index (χ3v) is 4.91.